The van der Waals surface area contributed by atoms with Crippen molar-refractivity contribution in [2.45, 2.75) is 84.0 Å². The van der Waals surface area contributed by atoms with Crippen LogP contribution in [0.3, 0.4) is 0 Å². The molecule has 4 nitrogen and oxygen atoms in total. The Morgan fingerprint density at radius 2 is 2.07 bits per heavy atom. The van der Waals surface area contributed by atoms with Gasteiger partial charge in [-0.05, 0) is 56.8 Å². The summed E-state index contributed by atoms with van der Waals surface area (Å²) in [5.74, 6) is 5.84. The highest BCUT2D eigenvalue weighted by Gasteiger charge is 2.50. The first kappa shape index (κ1) is 24.4. The van der Waals surface area contributed by atoms with E-state index in [0.29, 0.717) is 25.9 Å². The average molecular weight is 405 g/mol. The van der Waals surface area contributed by atoms with Crippen molar-refractivity contribution in [2.75, 3.05) is 6.61 Å². The molecule has 0 spiro atoms. The van der Waals surface area contributed by atoms with Gasteiger partial charge in [-0.3, -0.25) is 4.79 Å². The second-order valence-corrected chi connectivity index (χ2v) is 13.6. The van der Waals surface area contributed by atoms with Crippen LogP contribution in [0.1, 0.15) is 59.8 Å². The van der Waals surface area contributed by atoms with Crippen molar-refractivity contribution in [3.05, 3.63) is 24.8 Å². The van der Waals surface area contributed by atoms with E-state index in [1.165, 1.54) is 12.2 Å². The second kappa shape index (κ2) is 10.2. The van der Waals surface area contributed by atoms with Gasteiger partial charge in [-0.2, -0.15) is 0 Å². The van der Waals surface area contributed by atoms with E-state index in [2.05, 4.69) is 52.3 Å². The van der Waals surface area contributed by atoms with Crippen LogP contribution >= 0.6 is 0 Å². The molecule has 1 aliphatic rings. The molecule has 5 heteroatoms. The molecule has 2 atom stereocenters. The first-order chi connectivity index (χ1) is 13.0. The van der Waals surface area contributed by atoms with Crippen LogP contribution in [0.5, 0.6) is 0 Å². The van der Waals surface area contributed by atoms with Crippen molar-refractivity contribution in [2.24, 2.45) is 5.41 Å². The van der Waals surface area contributed by atoms with E-state index in [0.717, 1.165) is 12.8 Å². The molecule has 1 fully saturated rings. The fourth-order valence-corrected chi connectivity index (χ4v) is 4.49. The molecule has 0 heterocycles. The zero-order chi connectivity index (χ0) is 21.4. The molecule has 0 unspecified atom stereocenters. The van der Waals surface area contributed by atoms with Gasteiger partial charge in [0.2, 0.25) is 0 Å². The van der Waals surface area contributed by atoms with Crippen LogP contribution in [0, 0.1) is 17.3 Å². The molecule has 0 aromatic heterocycles. The second-order valence-electron chi connectivity index (χ2n) is 8.84. The van der Waals surface area contributed by atoms with Crippen molar-refractivity contribution in [1.82, 2.24) is 0 Å². The average Bonchev–Trinajstić information content (AvgIpc) is 2.59. The van der Waals surface area contributed by atoms with Gasteiger partial charge in [0.15, 0.2) is 14.1 Å². The van der Waals surface area contributed by atoms with Gasteiger partial charge in [0.05, 0.1) is 12.7 Å². The van der Waals surface area contributed by atoms with Gasteiger partial charge in [-0.25, -0.2) is 4.79 Å². The molecule has 0 bridgehead atoms. The summed E-state index contributed by atoms with van der Waals surface area (Å²) in [5.41, 5.74) is -0.846. The van der Waals surface area contributed by atoms with Gasteiger partial charge >= 0.3 is 5.97 Å². The Morgan fingerprint density at radius 1 is 1.39 bits per heavy atom. The molecule has 0 radical (unpaired) electrons. The van der Waals surface area contributed by atoms with Crippen molar-refractivity contribution < 1.29 is 18.8 Å². The summed E-state index contributed by atoms with van der Waals surface area (Å²) in [6, 6.07) is 0. The lowest BCUT2D eigenvalue weighted by Gasteiger charge is -2.46. The van der Waals surface area contributed by atoms with E-state index in [-0.39, 0.29) is 16.9 Å². The smallest absolute Gasteiger partial charge is 0.331 e. The summed E-state index contributed by atoms with van der Waals surface area (Å²) in [6.45, 7) is 16.9. The third-order valence-corrected chi connectivity index (χ3v) is 10.3. The molecular formula is C23H36O4Si. The largest absolute Gasteiger partial charge is 0.463 e. The Kier molecular flexibility index (Phi) is 8.91. The number of hydrogen-bond acceptors (Lipinski definition) is 4. The number of carbonyl (C=O) groups is 2. The SMILES string of the molecule is C=CCC[C@@]1(C#C/C=C\C(=O)OCC)C(=O)CCC[C@@H]1O[Si](C)(C)C(C)(C)C. The lowest BCUT2D eigenvalue weighted by Crippen LogP contribution is -2.53. The molecule has 156 valence electrons. The summed E-state index contributed by atoms with van der Waals surface area (Å²) in [4.78, 5) is 24.6. The normalized spacial score (nSPS) is 23.2. The predicted octanol–water partition coefficient (Wildman–Crippen LogP) is 5.21. The lowest BCUT2D eigenvalue weighted by molar-refractivity contribution is -0.137. The summed E-state index contributed by atoms with van der Waals surface area (Å²) >= 11 is 0. The molecule has 1 saturated carbocycles. The van der Waals surface area contributed by atoms with Gasteiger partial charge in [0.25, 0.3) is 0 Å². The van der Waals surface area contributed by atoms with E-state index in [1.807, 2.05) is 6.08 Å². The molecule has 0 amide bonds. The zero-order valence-electron chi connectivity index (χ0n) is 18.4. The number of ether oxygens (including phenoxy) is 1. The molecule has 0 aromatic rings. The van der Waals surface area contributed by atoms with Crippen molar-refractivity contribution >= 4 is 20.1 Å². The monoisotopic (exact) mass is 404 g/mol. The summed E-state index contributed by atoms with van der Waals surface area (Å²) in [7, 11) is -2.06. The first-order valence-corrected chi connectivity index (χ1v) is 13.1. The van der Waals surface area contributed by atoms with Crippen LogP contribution in [-0.4, -0.2) is 32.8 Å². The fourth-order valence-electron chi connectivity index (χ4n) is 3.10. The number of carbonyl (C=O) groups excluding carboxylic acids is 2. The highest BCUT2D eigenvalue weighted by molar-refractivity contribution is 6.74. The van der Waals surface area contributed by atoms with E-state index < -0.39 is 19.7 Å². The zero-order valence-corrected chi connectivity index (χ0v) is 19.4. The van der Waals surface area contributed by atoms with E-state index in [9.17, 15) is 9.59 Å². The Bertz CT molecular complexity index is 660. The Labute approximate surface area is 171 Å². The van der Waals surface area contributed by atoms with Crippen molar-refractivity contribution in [3.8, 4) is 11.8 Å². The van der Waals surface area contributed by atoms with Crippen LogP contribution in [-0.2, 0) is 18.8 Å². The minimum atomic E-state index is -2.06. The van der Waals surface area contributed by atoms with Gasteiger partial charge < -0.3 is 9.16 Å². The van der Waals surface area contributed by atoms with Gasteiger partial charge in [0, 0.05) is 12.5 Å². The van der Waals surface area contributed by atoms with Crippen molar-refractivity contribution in [3.63, 3.8) is 0 Å². The minimum Gasteiger partial charge on any atom is -0.463 e. The van der Waals surface area contributed by atoms with E-state index >= 15 is 0 Å². The molecule has 1 rings (SSSR count). The quantitative estimate of drug-likeness (QED) is 0.192. The minimum absolute atomic E-state index is 0.0505. The molecular weight excluding hydrogens is 368 g/mol. The number of ketones is 1. The number of allylic oxidation sites excluding steroid dienone is 2. The van der Waals surface area contributed by atoms with Crippen LogP contribution in [0.25, 0.3) is 0 Å². The maximum atomic E-state index is 13.1. The lowest BCUT2D eigenvalue weighted by atomic mass is 9.68. The highest BCUT2D eigenvalue weighted by Crippen LogP contribution is 2.45. The summed E-state index contributed by atoms with van der Waals surface area (Å²) < 4.78 is 11.6. The predicted molar refractivity (Wildman–Crippen MR) is 116 cm³/mol. The molecule has 0 aromatic carbocycles. The van der Waals surface area contributed by atoms with Crippen LogP contribution < -0.4 is 0 Å². The number of Topliss-reactive ketones (excluding diaryl/α,β-unsaturated/α-hetero) is 1. The molecule has 28 heavy (non-hydrogen) atoms. The van der Waals surface area contributed by atoms with E-state index in [1.54, 1.807) is 6.92 Å². The maximum Gasteiger partial charge on any atom is 0.331 e. The van der Waals surface area contributed by atoms with Crippen LogP contribution in [0.15, 0.2) is 24.8 Å². The number of hydrogen-bond donors (Lipinski definition) is 0. The van der Waals surface area contributed by atoms with Crippen LogP contribution in [0.4, 0.5) is 0 Å². The molecule has 1 aliphatic carbocycles. The van der Waals surface area contributed by atoms with Crippen LogP contribution in [0.2, 0.25) is 18.1 Å². The standard InChI is InChI=1S/C23H36O4Si/c1-8-10-17-23(18-12-11-16-21(25)26-9-2)19(24)14-13-15-20(23)27-28(6,7)22(3,4)5/h8,11,16,20H,1,9-10,13-15,17H2,2-7H3/b16-11-/t20-,23+/m0/s1. The topological polar surface area (TPSA) is 52.6 Å². The molecule has 0 saturated heterocycles. The third-order valence-electron chi connectivity index (χ3n) is 5.79. The Hall–Kier alpha value is -1.64. The fraction of sp³-hybridized carbons (Fsp3) is 0.652. The number of rotatable bonds is 7. The highest BCUT2D eigenvalue weighted by atomic mass is 28.4. The van der Waals surface area contributed by atoms with E-state index in [4.69, 9.17) is 9.16 Å². The Balaban J connectivity index is 3.25. The van der Waals surface area contributed by atoms with Gasteiger partial charge in [-0.15, -0.1) is 6.58 Å². The number of esters is 1. The summed E-state index contributed by atoms with van der Waals surface area (Å²) in [5, 5.41) is 0.0505. The van der Waals surface area contributed by atoms with Gasteiger partial charge in [0.1, 0.15) is 5.41 Å². The van der Waals surface area contributed by atoms with Gasteiger partial charge in [-0.1, -0.05) is 38.7 Å². The maximum absolute atomic E-state index is 13.1. The third kappa shape index (κ3) is 6.18. The Morgan fingerprint density at radius 3 is 2.64 bits per heavy atom. The first-order valence-electron chi connectivity index (χ1n) is 10.2. The molecule has 0 N–H and O–H groups in total. The summed E-state index contributed by atoms with van der Waals surface area (Å²) in [6.07, 6.45) is 7.83. The molecule has 0 aliphatic heterocycles. The van der Waals surface area contributed by atoms with Crippen molar-refractivity contribution in [1.29, 1.82) is 0 Å².